The number of benzene rings is 1. The number of hydrogen-bond donors (Lipinski definition) is 1. The molecular formula is C16H20N4O2. The number of methoxy groups -OCH3 is 1. The van der Waals surface area contributed by atoms with Gasteiger partial charge >= 0.3 is 0 Å². The number of H-pyrrole nitrogens is 1. The number of aromatic nitrogens is 3. The summed E-state index contributed by atoms with van der Waals surface area (Å²) in [5.41, 5.74) is 0.713. The van der Waals surface area contributed by atoms with Gasteiger partial charge in [-0.2, -0.15) is 5.10 Å². The number of nitrogens with zero attached hydrogens (tertiary/aromatic N) is 3. The molecule has 3 rings (SSSR count). The summed E-state index contributed by atoms with van der Waals surface area (Å²) >= 11 is 0. The topological polar surface area (TPSA) is 71.1 Å². The Bertz CT molecular complexity index is 641. The zero-order valence-corrected chi connectivity index (χ0v) is 12.8. The Hall–Kier alpha value is -2.21. The van der Waals surface area contributed by atoms with E-state index in [1.54, 1.807) is 7.11 Å². The number of hydrogen-bond acceptors (Lipinski definition) is 4. The van der Waals surface area contributed by atoms with Gasteiger partial charge in [-0.3, -0.25) is 9.89 Å². The van der Waals surface area contributed by atoms with Crippen molar-refractivity contribution in [2.45, 2.75) is 12.8 Å². The van der Waals surface area contributed by atoms with Gasteiger partial charge in [0.05, 0.1) is 6.61 Å². The summed E-state index contributed by atoms with van der Waals surface area (Å²) in [6, 6.07) is 9.36. The van der Waals surface area contributed by atoms with Gasteiger partial charge in [-0.25, -0.2) is 4.98 Å². The third-order valence-electron chi connectivity index (χ3n) is 4.08. The molecule has 116 valence electrons. The van der Waals surface area contributed by atoms with Crippen LogP contribution in [0.25, 0.3) is 0 Å². The first-order valence-electron chi connectivity index (χ1n) is 7.41. The third kappa shape index (κ3) is 2.87. The molecule has 2 atom stereocenters. The van der Waals surface area contributed by atoms with Crippen LogP contribution in [0.3, 0.4) is 0 Å². The lowest BCUT2D eigenvalue weighted by Gasteiger charge is -2.16. The molecule has 1 fully saturated rings. The van der Waals surface area contributed by atoms with Crippen molar-refractivity contribution in [3.8, 4) is 0 Å². The predicted octanol–water partition coefficient (Wildman–Crippen LogP) is 1.62. The Morgan fingerprint density at radius 2 is 2.14 bits per heavy atom. The Morgan fingerprint density at radius 1 is 1.36 bits per heavy atom. The van der Waals surface area contributed by atoms with Crippen LogP contribution in [0.1, 0.15) is 27.9 Å². The fourth-order valence-corrected chi connectivity index (χ4v) is 3.00. The van der Waals surface area contributed by atoms with E-state index in [1.807, 2.05) is 42.2 Å². The lowest BCUT2D eigenvalue weighted by atomic mass is 9.96. The van der Waals surface area contributed by atoms with Gasteiger partial charge in [-0.15, -0.1) is 0 Å². The first kappa shape index (κ1) is 14.7. The summed E-state index contributed by atoms with van der Waals surface area (Å²) in [6.07, 6.45) is 0. The van der Waals surface area contributed by atoms with E-state index in [-0.39, 0.29) is 17.7 Å². The van der Waals surface area contributed by atoms with Crippen LogP contribution >= 0.6 is 0 Å². The van der Waals surface area contributed by atoms with E-state index >= 15 is 0 Å². The van der Waals surface area contributed by atoms with Crippen LogP contribution in [-0.2, 0) is 4.74 Å². The van der Waals surface area contributed by atoms with E-state index in [4.69, 9.17) is 4.74 Å². The van der Waals surface area contributed by atoms with Gasteiger partial charge in [0, 0.05) is 37.6 Å². The van der Waals surface area contributed by atoms with Gasteiger partial charge in [-0.05, 0) is 19.1 Å². The highest BCUT2D eigenvalue weighted by atomic mass is 16.5. The highest BCUT2D eigenvalue weighted by molar-refractivity contribution is 5.94. The molecule has 0 radical (unpaired) electrons. The fraction of sp³-hybridized carbons (Fsp3) is 0.438. The molecule has 6 heteroatoms. The molecular weight excluding hydrogens is 280 g/mol. The van der Waals surface area contributed by atoms with Crippen molar-refractivity contribution in [1.82, 2.24) is 20.1 Å². The van der Waals surface area contributed by atoms with E-state index in [2.05, 4.69) is 15.2 Å². The minimum atomic E-state index is 0.0523. The summed E-state index contributed by atoms with van der Waals surface area (Å²) in [5, 5.41) is 7.15. The van der Waals surface area contributed by atoms with Crippen molar-refractivity contribution in [3.05, 3.63) is 47.5 Å². The lowest BCUT2D eigenvalue weighted by Crippen LogP contribution is -2.29. The molecule has 6 nitrogen and oxygen atoms in total. The van der Waals surface area contributed by atoms with Gasteiger partial charge in [0.2, 0.25) is 0 Å². The molecule has 0 unspecified atom stereocenters. The van der Waals surface area contributed by atoms with E-state index in [0.717, 1.165) is 11.6 Å². The maximum absolute atomic E-state index is 12.6. The molecule has 1 aliphatic heterocycles. The Labute approximate surface area is 129 Å². The average Bonchev–Trinajstić information content (AvgIpc) is 3.14. The molecule has 1 aromatic carbocycles. The maximum atomic E-state index is 12.6. The van der Waals surface area contributed by atoms with Crippen molar-refractivity contribution in [2.75, 3.05) is 26.8 Å². The van der Waals surface area contributed by atoms with Crippen LogP contribution in [0.4, 0.5) is 0 Å². The molecule has 0 aliphatic carbocycles. The Morgan fingerprint density at radius 3 is 2.77 bits per heavy atom. The molecule has 2 aromatic rings. The Kier molecular flexibility index (Phi) is 4.20. The van der Waals surface area contributed by atoms with Gasteiger partial charge in [0.25, 0.3) is 5.91 Å². The average molecular weight is 300 g/mol. The number of amides is 1. The third-order valence-corrected chi connectivity index (χ3v) is 4.08. The van der Waals surface area contributed by atoms with Gasteiger partial charge < -0.3 is 9.64 Å². The minimum absolute atomic E-state index is 0.0523. The van der Waals surface area contributed by atoms with Crippen LogP contribution in [0.2, 0.25) is 0 Å². The quantitative estimate of drug-likeness (QED) is 0.931. The highest BCUT2D eigenvalue weighted by Gasteiger charge is 2.38. The fourth-order valence-electron chi connectivity index (χ4n) is 3.00. The number of carbonyl (C=O) groups is 1. The van der Waals surface area contributed by atoms with Crippen LogP contribution in [0.15, 0.2) is 30.3 Å². The molecule has 1 aromatic heterocycles. The second-order valence-electron chi connectivity index (χ2n) is 5.68. The SMILES string of the molecule is COC[C@@H]1CN(C(=O)c2ccccc2)C[C@H]1c1n[nH]c(C)n1. The first-order valence-corrected chi connectivity index (χ1v) is 7.41. The van der Waals surface area contributed by atoms with Crippen LogP contribution in [0.5, 0.6) is 0 Å². The maximum Gasteiger partial charge on any atom is 0.253 e. The molecule has 2 heterocycles. The van der Waals surface area contributed by atoms with Crippen molar-refractivity contribution in [3.63, 3.8) is 0 Å². The van der Waals surface area contributed by atoms with Crippen LogP contribution < -0.4 is 0 Å². The number of likely N-dealkylation sites (tertiary alicyclic amines) is 1. The molecule has 0 bridgehead atoms. The van der Waals surface area contributed by atoms with E-state index in [1.165, 1.54) is 0 Å². The lowest BCUT2D eigenvalue weighted by molar-refractivity contribution is 0.0775. The minimum Gasteiger partial charge on any atom is -0.384 e. The zero-order valence-electron chi connectivity index (χ0n) is 12.8. The predicted molar refractivity (Wildman–Crippen MR) is 81.6 cm³/mol. The molecule has 0 spiro atoms. The molecule has 1 saturated heterocycles. The Balaban J connectivity index is 1.79. The molecule has 1 amide bonds. The number of rotatable bonds is 4. The van der Waals surface area contributed by atoms with Crippen LogP contribution in [-0.4, -0.2) is 52.8 Å². The second-order valence-corrected chi connectivity index (χ2v) is 5.68. The summed E-state index contributed by atoms with van der Waals surface area (Å²) < 4.78 is 5.31. The number of aryl methyl sites for hydroxylation is 1. The van der Waals surface area contributed by atoms with Crippen molar-refractivity contribution in [1.29, 1.82) is 0 Å². The number of aromatic amines is 1. The van der Waals surface area contributed by atoms with Crippen molar-refractivity contribution in [2.24, 2.45) is 5.92 Å². The second kappa shape index (κ2) is 6.27. The summed E-state index contributed by atoms with van der Waals surface area (Å²) in [7, 11) is 1.68. The van der Waals surface area contributed by atoms with Crippen molar-refractivity contribution >= 4 is 5.91 Å². The molecule has 0 saturated carbocycles. The molecule has 22 heavy (non-hydrogen) atoms. The summed E-state index contributed by atoms with van der Waals surface area (Å²) in [5.74, 6) is 1.93. The van der Waals surface area contributed by atoms with Gasteiger partial charge in [0.15, 0.2) is 5.82 Å². The van der Waals surface area contributed by atoms with Gasteiger partial charge in [-0.1, -0.05) is 18.2 Å². The van der Waals surface area contributed by atoms with Crippen LogP contribution in [0, 0.1) is 12.8 Å². The number of ether oxygens (including phenoxy) is 1. The summed E-state index contributed by atoms with van der Waals surface area (Å²) in [4.78, 5) is 18.9. The number of nitrogens with one attached hydrogen (secondary N) is 1. The van der Waals surface area contributed by atoms with Crippen molar-refractivity contribution < 1.29 is 9.53 Å². The largest absolute Gasteiger partial charge is 0.384 e. The zero-order chi connectivity index (χ0) is 15.5. The van der Waals surface area contributed by atoms with Gasteiger partial charge in [0.1, 0.15) is 5.82 Å². The van der Waals surface area contributed by atoms with E-state index in [9.17, 15) is 4.79 Å². The van der Waals surface area contributed by atoms with E-state index in [0.29, 0.717) is 25.3 Å². The highest BCUT2D eigenvalue weighted by Crippen LogP contribution is 2.31. The smallest absolute Gasteiger partial charge is 0.253 e. The monoisotopic (exact) mass is 300 g/mol. The molecule has 1 N–H and O–H groups in total. The summed E-state index contributed by atoms with van der Waals surface area (Å²) in [6.45, 7) is 3.76. The normalized spacial score (nSPS) is 21.3. The molecule has 1 aliphatic rings. The van der Waals surface area contributed by atoms with E-state index < -0.39 is 0 Å². The number of carbonyl (C=O) groups excluding carboxylic acids is 1. The standard InChI is InChI=1S/C16H20N4O2/c1-11-17-15(19-18-11)14-9-20(8-13(14)10-22-2)16(21)12-6-4-3-5-7-12/h3-7,13-14H,8-10H2,1-2H3,(H,17,18,19)/t13-,14+/m0/s1. The first-order chi connectivity index (χ1) is 10.7.